The third-order valence-electron chi connectivity index (χ3n) is 1.32. The van der Waals surface area contributed by atoms with E-state index in [4.69, 9.17) is 5.11 Å². The average molecular weight is 219 g/mol. The second kappa shape index (κ2) is 3.83. The van der Waals surface area contributed by atoms with Gasteiger partial charge in [0.15, 0.2) is 6.36 Å². The highest BCUT2D eigenvalue weighted by Crippen LogP contribution is 2.11. The molecule has 60 valence electrons. The van der Waals surface area contributed by atoms with E-state index in [-0.39, 0.29) is 6.42 Å². The van der Waals surface area contributed by atoms with Crippen LogP contribution in [0.4, 0.5) is 4.39 Å². The minimum absolute atomic E-state index is 0.0628. The molecule has 0 aliphatic carbocycles. The molecule has 11 heavy (non-hydrogen) atoms. The molecule has 0 saturated carbocycles. The van der Waals surface area contributed by atoms with Crippen LogP contribution in [0.2, 0.25) is 0 Å². The van der Waals surface area contributed by atoms with E-state index in [0.29, 0.717) is 0 Å². The lowest BCUT2D eigenvalue weighted by atomic mass is 10.2. The van der Waals surface area contributed by atoms with Gasteiger partial charge in [0, 0.05) is 10.9 Å². The Hall–Kier alpha value is -0.410. The monoisotopic (exact) mass is 218 g/mol. The summed E-state index contributed by atoms with van der Waals surface area (Å²) in [6.07, 6.45) is -1.69. The molecule has 0 aromatic heterocycles. The highest BCUT2D eigenvalue weighted by Gasteiger charge is 2.00. The fourth-order valence-electron chi connectivity index (χ4n) is 0.815. The van der Waals surface area contributed by atoms with Crippen molar-refractivity contribution in [3.05, 3.63) is 34.3 Å². The lowest BCUT2D eigenvalue weighted by Crippen LogP contribution is -2.01. The Balaban J connectivity index is 2.66. The van der Waals surface area contributed by atoms with E-state index in [1.807, 2.05) is 12.1 Å². The predicted molar refractivity (Wildman–Crippen MR) is 45.0 cm³/mol. The maximum atomic E-state index is 12.0. The van der Waals surface area contributed by atoms with Crippen molar-refractivity contribution in [1.82, 2.24) is 0 Å². The summed E-state index contributed by atoms with van der Waals surface area (Å²) in [6, 6.07) is 7.18. The summed E-state index contributed by atoms with van der Waals surface area (Å²) in [4.78, 5) is 0. The van der Waals surface area contributed by atoms with Gasteiger partial charge in [0.25, 0.3) is 0 Å². The molecule has 1 aromatic rings. The molecule has 1 N–H and O–H groups in total. The van der Waals surface area contributed by atoms with Crippen LogP contribution in [0.15, 0.2) is 28.7 Å². The van der Waals surface area contributed by atoms with E-state index >= 15 is 0 Å². The van der Waals surface area contributed by atoms with Crippen LogP contribution in [0, 0.1) is 0 Å². The van der Waals surface area contributed by atoms with Gasteiger partial charge in [0.05, 0.1) is 0 Å². The van der Waals surface area contributed by atoms with Crippen LogP contribution in [0.1, 0.15) is 5.56 Å². The minimum atomic E-state index is -1.75. The normalized spacial score (nSPS) is 13.0. The molecule has 0 fully saturated rings. The Bertz CT molecular complexity index is 220. The van der Waals surface area contributed by atoms with Gasteiger partial charge >= 0.3 is 0 Å². The summed E-state index contributed by atoms with van der Waals surface area (Å²) in [5.41, 5.74) is 0.795. The molecule has 3 heteroatoms. The van der Waals surface area contributed by atoms with Crippen LogP contribution >= 0.6 is 15.9 Å². The lowest BCUT2D eigenvalue weighted by Gasteiger charge is -2.00. The van der Waals surface area contributed by atoms with Gasteiger partial charge in [-0.3, -0.25) is 0 Å². The Labute approximate surface area is 73.0 Å². The van der Waals surface area contributed by atoms with Gasteiger partial charge < -0.3 is 5.11 Å². The molecular formula is C8H8BrFO. The summed E-state index contributed by atoms with van der Waals surface area (Å²) in [7, 11) is 0. The van der Waals surface area contributed by atoms with Crippen LogP contribution in [0.25, 0.3) is 0 Å². The summed E-state index contributed by atoms with van der Waals surface area (Å²) in [6.45, 7) is 0. The first-order valence-corrected chi connectivity index (χ1v) is 4.04. The molecule has 0 aliphatic rings. The van der Waals surface area contributed by atoms with Crippen molar-refractivity contribution in [3.63, 3.8) is 0 Å². The van der Waals surface area contributed by atoms with Gasteiger partial charge in [0.2, 0.25) is 0 Å². The van der Waals surface area contributed by atoms with Gasteiger partial charge in [-0.25, -0.2) is 4.39 Å². The van der Waals surface area contributed by atoms with Crippen LogP contribution in [-0.4, -0.2) is 11.5 Å². The van der Waals surface area contributed by atoms with Crippen LogP contribution < -0.4 is 0 Å². The van der Waals surface area contributed by atoms with Crippen molar-refractivity contribution in [2.75, 3.05) is 0 Å². The second-order valence-electron chi connectivity index (χ2n) is 2.27. The summed E-state index contributed by atoms with van der Waals surface area (Å²) in [5, 5.41) is 8.40. The van der Waals surface area contributed by atoms with Gasteiger partial charge in [-0.15, -0.1) is 0 Å². The van der Waals surface area contributed by atoms with E-state index in [2.05, 4.69) is 15.9 Å². The molecule has 0 radical (unpaired) electrons. The Morgan fingerprint density at radius 3 is 2.36 bits per heavy atom. The number of aliphatic hydroxyl groups excluding tert-OH is 1. The first kappa shape index (κ1) is 8.68. The van der Waals surface area contributed by atoms with Crippen molar-refractivity contribution >= 4 is 15.9 Å². The van der Waals surface area contributed by atoms with Gasteiger partial charge in [-0.2, -0.15) is 0 Å². The van der Waals surface area contributed by atoms with Crippen molar-refractivity contribution in [1.29, 1.82) is 0 Å². The van der Waals surface area contributed by atoms with Crippen LogP contribution in [-0.2, 0) is 6.42 Å². The number of alkyl halides is 1. The number of hydrogen-bond donors (Lipinski definition) is 1. The van der Waals surface area contributed by atoms with E-state index in [1.165, 1.54) is 0 Å². The topological polar surface area (TPSA) is 20.2 Å². The fourth-order valence-corrected chi connectivity index (χ4v) is 1.08. The molecule has 0 bridgehead atoms. The van der Waals surface area contributed by atoms with E-state index in [9.17, 15) is 4.39 Å². The number of benzene rings is 1. The van der Waals surface area contributed by atoms with Crippen molar-refractivity contribution in [2.24, 2.45) is 0 Å². The molecule has 0 saturated heterocycles. The van der Waals surface area contributed by atoms with Gasteiger partial charge in [0.1, 0.15) is 0 Å². The third-order valence-corrected chi connectivity index (χ3v) is 1.85. The van der Waals surface area contributed by atoms with Crippen LogP contribution in [0.5, 0.6) is 0 Å². The highest BCUT2D eigenvalue weighted by molar-refractivity contribution is 9.10. The molecule has 1 aromatic carbocycles. The zero-order valence-electron chi connectivity index (χ0n) is 5.80. The van der Waals surface area contributed by atoms with Crippen LogP contribution in [0.3, 0.4) is 0 Å². The first-order chi connectivity index (χ1) is 5.18. The van der Waals surface area contributed by atoms with E-state index in [0.717, 1.165) is 10.0 Å². The Morgan fingerprint density at radius 1 is 1.36 bits per heavy atom. The summed E-state index contributed by atoms with van der Waals surface area (Å²) < 4.78 is 13.0. The quantitative estimate of drug-likeness (QED) is 0.808. The smallest absolute Gasteiger partial charge is 0.200 e. The highest BCUT2D eigenvalue weighted by atomic mass is 79.9. The average Bonchev–Trinajstić information content (AvgIpc) is 1.93. The molecule has 1 rings (SSSR count). The minimum Gasteiger partial charge on any atom is -0.364 e. The second-order valence-corrected chi connectivity index (χ2v) is 3.18. The number of halogens is 2. The largest absolute Gasteiger partial charge is 0.364 e. The third kappa shape index (κ3) is 2.99. The Morgan fingerprint density at radius 2 is 1.91 bits per heavy atom. The SMILES string of the molecule is O[C@@H](F)Cc1ccc(Br)cc1. The zero-order chi connectivity index (χ0) is 8.27. The van der Waals surface area contributed by atoms with Gasteiger partial charge in [-0.05, 0) is 17.7 Å². The number of rotatable bonds is 2. The molecular weight excluding hydrogens is 211 g/mol. The lowest BCUT2D eigenvalue weighted by molar-refractivity contribution is 0.0430. The fraction of sp³-hybridized carbons (Fsp3) is 0.250. The molecule has 1 nitrogen and oxygen atoms in total. The first-order valence-electron chi connectivity index (χ1n) is 3.25. The van der Waals surface area contributed by atoms with Gasteiger partial charge in [-0.1, -0.05) is 28.1 Å². The van der Waals surface area contributed by atoms with E-state index < -0.39 is 6.36 Å². The molecule has 0 amide bonds. The number of hydrogen-bond acceptors (Lipinski definition) is 1. The molecule has 1 atom stereocenters. The number of aliphatic hydroxyl groups is 1. The predicted octanol–water partition coefficient (Wildman–Crippen LogP) is 2.28. The van der Waals surface area contributed by atoms with Crippen molar-refractivity contribution in [3.8, 4) is 0 Å². The molecule has 0 heterocycles. The van der Waals surface area contributed by atoms with E-state index in [1.54, 1.807) is 12.1 Å². The molecule has 0 aliphatic heterocycles. The van der Waals surface area contributed by atoms with Crippen molar-refractivity contribution < 1.29 is 9.50 Å². The zero-order valence-corrected chi connectivity index (χ0v) is 7.38. The Kier molecular flexibility index (Phi) is 3.02. The maximum absolute atomic E-state index is 12.0. The van der Waals surface area contributed by atoms with Crippen molar-refractivity contribution in [2.45, 2.75) is 12.8 Å². The summed E-state index contributed by atoms with van der Waals surface area (Å²) >= 11 is 3.26. The standard InChI is InChI=1S/C8H8BrFO/c9-7-3-1-6(2-4-7)5-8(10)11/h1-4,8,11H,5H2/t8-/m1/s1. The molecule has 0 unspecified atom stereocenters. The maximum Gasteiger partial charge on any atom is 0.200 e. The molecule has 0 spiro atoms. The summed E-state index contributed by atoms with van der Waals surface area (Å²) in [5.74, 6) is 0.